The van der Waals surface area contributed by atoms with Crippen LogP contribution >= 0.6 is 0 Å². The van der Waals surface area contributed by atoms with E-state index in [0.29, 0.717) is 6.42 Å². The van der Waals surface area contributed by atoms with Crippen LogP contribution in [-0.4, -0.2) is 87.5 Å². The first-order valence-electron chi connectivity index (χ1n) is 25.1. The molecule has 0 aromatic heterocycles. The number of allylic oxidation sites excluding steroid dienone is 17. The van der Waals surface area contributed by atoms with Gasteiger partial charge in [-0.2, -0.15) is 0 Å². The van der Waals surface area contributed by atoms with Gasteiger partial charge in [-0.1, -0.05) is 187 Å². The number of hydrogen-bond donors (Lipinski definition) is 6. The molecule has 1 heterocycles. The lowest BCUT2D eigenvalue weighted by atomic mass is 9.99. The number of unbranched alkanes of at least 4 members (excludes halogenated alkanes) is 14. The molecule has 1 amide bonds. The van der Waals surface area contributed by atoms with Gasteiger partial charge >= 0.3 is 0 Å². The molecule has 6 N–H and O–H groups in total. The summed E-state index contributed by atoms with van der Waals surface area (Å²) in [6.07, 6.45) is 57.0. The van der Waals surface area contributed by atoms with Gasteiger partial charge in [0.1, 0.15) is 24.4 Å². The third kappa shape index (κ3) is 33.3. The fourth-order valence-electron chi connectivity index (χ4n) is 7.09. The van der Waals surface area contributed by atoms with Gasteiger partial charge in [0.2, 0.25) is 5.91 Å². The zero-order valence-corrected chi connectivity index (χ0v) is 40.0. The maximum atomic E-state index is 13.0. The summed E-state index contributed by atoms with van der Waals surface area (Å²) >= 11 is 0. The number of ether oxygens (including phenoxy) is 2. The van der Waals surface area contributed by atoms with Gasteiger partial charge < -0.3 is 40.3 Å². The van der Waals surface area contributed by atoms with E-state index < -0.39 is 49.5 Å². The summed E-state index contributed by atoms with van der Waals surface area (Å²) in [5.41, 5.74) is 0. The number of aliphatic hydroxyl groups excluding tert-OH is 5. The first kappa shape index (κ1) is 58.9. The van der Waals surface area contributed by atoms with E-state index in [0.717, 1.165) is 103 Å². The molecule has 9 nitrogen and oxygen atoms in total. The van der Waals surface area contributed by atoms with Crippen LogP contribution in [0.25, 0.3) is 0 Å². The molecule has 0 radical (unpaired) electrons. The Balaban J connectivity index is 2.33. The SMILES string of the molecule is CC/C=C\C/C=C\C/C=C\C/C=C\C/C=C\C/C=C\C/C=C\CCCCCCCC(=O)NC(COC1OC(CO)C(O)C(O)C1O)C(O)/C=C/CC/C=C/CCCCCCCCCC. The van der Waals surface area contributed by atoms with Gasteiger partial charge in [0, 0.05) is 6.42 Å². The minimum Gasteiger partial charge on any atom is -0.394 e. The molecule has 0 aromatic carbocycles. The zero-order valence-electron chi connectivity index (χ0n) is 40.0. The number of carbonyl (C=O) groups excluding carboxylic acids is 1. The van der Waals surface area contributed by atoms with Crippen LogP contribution in [0.3, 0.4) is 0 Å². The minimum atomic E-state index is -1.58. The molecule has 1 saturated heterocycles. The standard InChI is InChI=1S/C55H91NO8/c1-3-5-7-9-11-13-15-17-19-20-21-22-23-24-25-26-27-28-29-30-31-33-35-37-39-41-43-45-51(59)56-48(47-63-55-54(62)53(61)52(60)50(46-57)64-55)49(58)44-42-40-38-36-34-32-18-16-14-12-10-8-6-4-2/h5,7,11,13,17,19,21-22,24-25,27-28,30-31,34,36,42,44,48-50,52-55,57-58,60-62H,3-4,6,8-10,12,14-16,18,20,23,26,29,32-33,35,37-41,43,45-47H2,1-2H3,(H,56,59)/b7-5-,13-11-,19-17-,22-21-,25-24-,28-27-,31-30-,36-34+,44-42+. The highest BCUT2D eigenvalue weighted by atomic mass is 16.7. The molecule has 0 saturated carbocycles. The van der Waals surface area contributed by atoms with Gasteiger partial charge in [-0.05, 0) is 89.9 Å². The highest BCUT2D eigenvalue weighted by Crippen LogP contribution is 2.22. The zero-order chi connectivity index (χ0) is 46.6. The normalized spacial score (nSPS) is 21.0. The van der Waals surface area contributed by atoms with Gasteiger partial charge in [0.05, 0.1) is 25.4 Å². The predicted octanol–water partition coefficient (Wildman–Crippen LogP) is 11.4. The quantitative estimate of drug-likeness (QED) is 0.0263. The summed E-state index contributed by atoms with van der Waals surface area (Å²) in [5, 5.41) is 54.2. The van der Waals surface area contributed by atoms with E-state index in [9.17, 15) is 30.3 Å². The smallest absolute Gasteiger partial charge is 0.220 e. The molecule has 364 valence electrons. The number of rotatable bonds is 40. The van der Waals surface area contributed by atoms with Crippen molar-refractivity contribution in [2.24, 2.45) is 0 Å². The summed E-state index contributed by atoms with van der Waals surface area (Å²) in [7, 11) is 0. The number of nitrogens with one attached hydrogen (secondary N) is 1. The third-order valence-electron chi connectivity index (χ3n) is 11.1. The van der Waals surface area contributed by atoms with Crippen molar-refractivity contribution in [3.05, 3.63) is 109 Å². The number of amides is 1. The molecule has 1 aliphatic heterocycles. The minimum absolute atomic E-state index is 0.212. The van der Waals surface area contributed by atoms with Crippen molar-refractivity contribution in [2.45, 2.75) is 217 Å². The van der Waals surface area contributed by atoms with E-state index in [-0.39, 0.29) is 12.5 Å². The molecule has 9 heteroatoms. The van der Waals surface area contributed by atoms with E-state index >= 15 is 0 Å². The third-order valence-corrected chi connectivity index (χ3v) is 11.1. The summed E-state index contributed by atoms with van der Waals surface area (Å²) in [6.45, 7) is 3.60. The Morgan fingerprint density at radius 1 is 0.547 bits per heavy atom. The van der Waals surface area contributed by atoms with Gasteiger partial charge in [-0.25, -0.2) is 0 Å². The van der Waals surface area contributed by atoms with Crippen molar-refractivity contribution in [3.8, 4) is 0 Å². The Bertz CT molecular complexity index is 1360. The van der Waals surface area contributed by atoms with Crippen LogP contribution in [0.2, 0.25) is 0 Å². The Hall–Kier alpha value is -3.15. The lowest BCUT2D eigenvalue weighted by Gasteiger charge is -2.40. The second-order valence-electron chi connectivity index (χ2n) is 16.9. The molecule has 0 bridgehead atoms. The Morgan fingerprint density at radius 2 is 0.984 bits per heavy atom. The topological polar surface area (TPSA) is 149 Å². The summed E-state index contributed by atoms with van der Waals surface area (Å²) in [6, 6.07) is -0.840. The Morgan fingerprint density at radius 3 is 1.50 bits per heavy atom. The molecule has 64 heavy (non-hydrogen) atoms. The van der Waals surface area contributed by atoms with Crippen LogP contribution < -0.4 is 5.32 Å². The fraction of sp³-hybridized carbons (Fsp3) is 0.655. The van der Waals surface area contributed by atoms with E-state index in [1.165, 1.54) is 51.4 Å². The summed E-state index contributed by atoms with van der Waals surface area (Å²) in [5.74, 6) is -0.212. The van der Waals surface area contributed by atoms with Crippen LogP contribution in [0.15, 0.2) is 109 Å². The fourth-order valence-corrected chi connectivity index (χ4v) is 7.09. The first-order chi connectivity index (χ1) is 31.3. The lowest BCUT2D eigenvalue weighted by molar-refractivity contribution is -0.302. The molecule has 0 aliphatic carbocycles. The van der Waals surface area contributed by atoms with Crippen LogP contribution in [0.4, 0.5) is 0 Å². The van der Waals surface area contributed by atoms with Gasteiger partial charge in [-0.15, -0.1) is 0 Å². The molecular formula is C55H91NO8. The largest absolute Gasteiger partial charge is 0.394 e. The monoisotopic (exact) mass is 894 g/mol. The summed E-state index contributed by atoms with van der Waals surface area (Å²) in [4.78, 5) is 13.0. The van der Waals surface area contributed by atoms with Crippen molar-refractivity contribution < 1.29 is 39.8 Å². The maximum Gasteiger partial charge on any atom is 0.220 e. The van der Waals surface area contributed by atoms with E-state index in [1.54, 1.807) is 6.08 Å². The number of aliphatic hydroxyl groups is 5. The molecule has 1 rings (SSSR count). The second kappa shape index (κ2) is 43.7. The van der Waals surface area contributed by atoms with Crippen molar-refractivity contribution in [1.82, 2.24) is 5.32 Å². The first-order valence-corrected chi connectivity index (χ1v) is 25.1. The van der Waals surface area contributed by atoms with E-state index in [1.807, 2.05) is 6.08 Å². The molecule has 1 aliphatic rings. The average Bonchev–Trinajstić information content (AvgIpc) is 3.29. The van der Waals surface area contributed by atoms with Crippen molar-refractivity contribution >= 4 is 5.91 Å². The van der Waals surface area contributed by atoms with E-state index in [2.05, 4.69) is 116 Å². The van der Waals surface area contributed by atoms with Crippen LogP contribution in [-0.2, 0) is 14.3 Å². The second-order valence-corrected chi connectivity index (χ2v) is 16.9. The number of carbonyl (C=O) groups is 1. The van der Waals surface area contributed by atoms with Crippen molar-refractivity contribution in [3.63, 3.8) is 0 Å². The molecule has 1 fully saturated rings. The Kier molecular flexibility index (Phi) is 40.2. The molecule has 0 aromatic rings. The number of hydrogen-bond acceptors (Lipinski definition) is 8. The van der Waals surface area contributed by atoms with Gasteiger partial charge in [-0.3, -0.25) is 4.79 Å². The summed E-state index contributed by atoms with van der Waals surface area (Å²) < 4.78 is 11.2. The average molecular weight is 894 g/mol. The van der Waals surface area contributed by atoms with Crippen molar-refractivity contribution in [2.75, 3.05) is 13.2 Å². The van der Waals surface area contributed by atoms with Gasteiger partial charge in [0.25, 0.3) is 0 Å². The van der Waals surface area contributed by atoms with Crippen LogP contribution in [0.5, 0.6) is 0 Å². The molecule has 7 atom stereocenters. The highest BCUT2D eigenvalue weighted by molar-refractivity contribution is 5.76. The van der Waals surface area contributed by atoms with Crippen LogP contribution in [0, 0.1) is 0 Å². The maximum absolute atomic E-state index is 13.0. The lowest BCUT2D eigenvalue weighted by Crippen LogP contribution is -2.60. The van der Waals surface area contributed by atoms with E-state index in [4.69, 9.17) is 9.47 Å². The molecular weight excluding hydrogens is 803 g/mol. The molecule has 0 spiro atoms. The van der Waals surface area contributed by atoms with Crippen LogP contribution in [0.1, 0.15) is 174 Å². The molecule has 7 unspecified atom stereocenters. The predicted molar refractivity (Wildman–Crippen MR) is 267 cm³/mol. The van der Waals surface area contributed by atoms with Gasteiger partial charge in [0.15, 0.2) is 6.29 Å². The Labute approximate surface area is 389 Å². The highest BCUT2D eigenvalue weighted by Gasteiger charge is 2.44. The van der Waals surface area contributed by atoms with Crippen molar-refractivity contribution in [1.29, 1.82) is 0 Å².